The van der Waals surface area contributed by atoms with Crippen LogP contribution in [0.2, 0.25) is 0 Å². The maximum absolute atomic E-state index is 11.5. The summed E-state index contributed by atoms with van der Waals surface area (Å²) in [5.74, 6) is -0.505. The lowest BCUT2D eigenvalue weighted by atomic mass is 10.1. The fourth-order valence-corrected chi connectivity index (χ4v) is 2.90. The molecule has 0 saturated heterocycles. The van der Waals surface area contributed by atoms with E-state index in [9.17, 15) is 13.2 Å². The van der Waals surface area contributed by atoms with Crippen LogP contribution in [0.25, 0.3) is 0 Å². The molecule has 1 aliphatic heterocycles. The van der Waals surface area contributed by atoms with Crippen LogP contribution in [0.15, 0.2) is 41.8 Å². The Bertz CT molecular complexity index is 546. The van der Waals surface area contributed by atoms with Crippen molar-refractivity contribution in [3.05, 3.63) is 47.4 Å². The molecule has 0 unspecified atom stereocenters. The molecule has 96 valence electrons. The van der Waals surface area contributed by atoms with Crippen LogP contribution in [-0.2, 0) is 25.8 Å². The molecule has 1 aliphatic rings. The molecule has 0 saturated carbocycles. The summed E-state index contributed by atoms with van der Waals surface area (Å²) in [6.07, 6.45) is 1.64. The van der Waals surface area contributed by atoms with Gasteiger partial charge in [0.2, 0.25) is 0 Å². The van der Waals surface area contributed by atoms with Gasteiger partial charge in [-0.1, -0.05) is 30.3 Å². The number of sulfone groups is 1. The molecule has 0 radical (unpaired) electrons. The van der Waals surface area contributed by atoms with E-state index in [1.165, 1.54) is 6.08 Å². The first-order chi connectivity index (χ1) is 8.55. The van der Waals surface area contributed by atoms with Crippen LogP contribution in [0.1, 0.15) is 12.0 Å². The normalized spacial score (nSPS) is 20.8. The van der Waals surface area contributed by atoms with Crippen LogP contribution in [0.4, 0.5) is 0 Å². The smallest absolute Gasteiger partial charge is 0.306 e. The third-order valence-electron chi connectivity index (χ3n) is 2.64. The summed E-state index contributed by atoms with van der Waals surface area (Å²) in [4.78, 5) is 11.5. The van der Waals surface area contributed by atoms with E-state index in [4.69, 9.17) is 4.74 Å². The van der Waals surface area contributed by atoms with Crippen LogP contribution in [0.3, 0.4) is 0 Å². The molecule has 0 spiro atoms. The van der Waals surface area contributed by atoms with E-state index >= 15 is 0 Å². The van der Waals surface area contributed by atoms with E-state index in [1.54, 1.807) is 0 Å². The fourth-order valence-electron chi connectivity index (χ4n) is 1.74. The van der Waals surface area contributed by atoms with Crippen molar-refractivity contribution in [3.8, 4) is 0 Å². The van der Waals surface area contributed by atoms with E-state index < -0.39 is 15.9 Å². The second kappa shape index (κ2) is 5.35. The Morgan fingerprint density at radius 1 is 1.28 bits per heavy atom. The van der Waals surface area contributed by atoms with Crippen LogP contribution in [-0.4, -0.2) is 26.2 Å². The van der Waals surface area contributed by atoms with Crippen molar-refractivity contribution in [2.75, 3.05) is 5.75 Å². The zero-order valence-corrected chi connectivity index (χ0v) is 10.6. The van der Waals surface area contributed by atoms with Crippen LogP contribution >= 0.6 is 0 Å². The first-order valence-corrected chi connectivity index (χ1v) is 7.41. The first kappa shape index (κ1) is 12.8. The molecule has 0 aromatic heterocycles. The fraction of sp³-hybridized carbons (Fsp3) is 0.308. The highest BCUT2D eigenvalue weighted by atomic mass is 32.2. The Balaban J connectivity index is 1.79. The molecule has 2 rings (SSSR count). The van der Waals surface area contributed by atoms with Gasteiger partial charge >= 0.3 is 5.97 Å². The summed E-state index contributed by atoms with van der Waals surface area (Å²) in [6, 6.07) is 9.61. The van der Waals surface area contributed by atoms with E-state index in [2.05, 4.69) is 0 Å². The lowest BCUT2D eigenvalue weighted by molar-refractivity contribution is -0.145. The lowest BCUT2D eigenvalue weighted by Gasteiger charge is -2.09. The predicted molar refractivity (Wildman–Crippen MR) is 67.6 cm³/mol. The standard InChI is InChI=1S/C13H14O4S/c14-13(7-6-11-4-2-1-3-5-11)17-12-8-9-18(15,16)10-12/h1-5,8-9,12H,6-7,10H2/t12-/m0/s1. The Kier molecular flexibility index (Phi) is 3.81. The molecular weight excluding hydrogens is 252 g/mol. The third-order valence-corrected chi connectivity index (χ3v) is 4.01. The van der Waals surface area contributed by atoms with Gasteiger partial charge in [-0.15, -0.1) is 0 Å². The minimum atomic E-state index is -3.17. The van der Waals surface area contributed by atoms with Gasteiger partial charge in [-0.2, -0.15) is 0 Å². The van der Waals surface area contributed by atoms with Crippen molar-refractivity contribution in [1.82, 2.24) is 0 Å². The van der Waals surface area contributed by atoms with Gasteiger partial charge in [0.05, 0.1) is 5.75 Å². The monoisotopic (exact) mass is 266 g/mol. The Labute approximate surface area is 106 Å². The average molecular weight is 266 g/mol. The SMILES string of the molecule is O=C(CCc1ccccc1)O[C@H]1C=CS(=O)(=O)C1. The molecule has 4 nitrogen and oxygen atoms in total. The molecule has 1 aromatic carbocycles. The molecule has 18 heavy (non-hydrogen) atoms. The number of benzene rings is 1. The summed E-state index contributed by atoms with van der Waals surface area (Å²) >= 11 is 0. The van der Waals surface area contributed by atoms with E-state index in [-0.39, 0.29) is 18.1 Å². The molecule has 1 heterocycles. The van der Waals surface area contributed by atoms with E-state index in [0.29, 0.717) is 6.42 Å². The minimum Gasteiger partial charge on any atom is -0.457 e. The summed E-state index contributed by atoms with van der Waals surface area (Å²) in [6.45, 7) is 0. The van der Waals surface area contributed by atoms with Gasteiger partial charge in [-0.25, -0.2) is 8.42 Å². The Morgan fingerprint density at radius 3 is 2.61 bits per heavy atom. The average Bonchev–Trinajstić information content (AvgIpc) is 2.67. The van der Waals surface area contributed by atoms with Crippen LogP contribution in [0, 0.1) is 0 Å². The summed E-state index contributed by atoms with van der Waals surface area (Å²) in [5, 5.41) is 1.10. The number of ether oxygens (including phenoxy) is 1. The van der Waals surface area contributed by atoms with Gasteiger partial charge in [-0.05, 0) is 18.1 Å². The van der Waals surface area contributed by atoms with E-state index in [0.717, 1.165) is 11.0 Å². The summed E-state index contributed by atoms with van der Waals surface area (Å²) in [7, 11) is -3.17. The molecular formula is C13H14O4S. The van der Waals surface area contributed by atoms with Gasteiger partial charge in [0.1, 0.15) is 6.10 Å². The largest absolute Gasteiger partial charge is 0.457 e. The highest BCUT2D eigenvalue weighted by Gasteiger charge is 2.24. The Morgan fingerprint density at radius 2 is 2.00 bits per heavy atom. The number of esters is 1. The summed E-state index contributed by atoms with van der Waals surface area (Å²) in [5.41, 5.74) is 1.06. The van der Waals surface area contributed by atoms with E-state index in [1.807, 2.05) is 30.3 Å². The highest BCUT2D eigenvalue weighted by molar-refractivity contribution is 7.94. The van der Waals surface area contributed by atoms with Gasteiger partial charge in [0.15, 0.2) is 9.84 Å². The number of carbonyl (C=O) groups excluding carboxylic acids is 1. The zero-order chi connectivity index (χ0) is 13.0. The topological polar surface area (TPSA) is 60.4 Å². The lowest BCUT2D eigenvalue weighted by Crippen LogP contribution is -2.19. The maximum atomic E-state index is 11.5. The zero-order valence-electron chi connectivity index (χ0n) is 9.78. The molecule has 0 fully saturated rings. The molecule has 0 aliphatic carbocycles. The second-order valence-corrected chi connectivity index (χ2v) is 6.10. The molecule has 0 amide bonds. The summed E-state index contributed by atoms with van der Waals surface area (Å²) < 4.78 is 27.3. The van der Waals surface area contributed by atoms with Crippen molar-refractivity contribution in [2.24, 2.45) is 0 Å². The van der Waals surface area contributed by atoms with Crippen molar-refractivity contribution in [1.29, 1.82) is 0 Å². The van der Waals surface area contributed by atoms with Gasteiger partial charge in [0, 0.05) is 11.8 Å². The number of aryl methyl sites for hydroxylation is 1. The quantitative estimate of drug-likeness (QED) is 0.774. The first-order valence-electron chi connectivity index (χ1n) is 5.69. The molecule has 0 N–H and O–H groups in total. The molecule has 1 aromatic rings. The van der Waals surface area contributed by atoms with Crippen molar-refractivity contribution < 1.29 is 17.9 Å². The van der Waals surface area contributed by atoms with Crippen molar-refractivity contribution in [3.63, 3.8) is 0 Å². The number of hydrogen-bond donors (Lipinski definition) is 0. The van der Waals surface area contributed by atoms with Crippen LogP contribution in [0.5, 0.6) is 0 Å². The molecule has 5 heteroatoms. The van der Waals surface area contributed by atoms with Gasteiger partial charge in [-0.3, -0.25) is 4.79 Å². The third kappa shape index (κ3) is 3.70. The maximum Gasteiger partial charge on any atom is 0.306 e. The van der Waals surface area contributed by atoms with Gasteiger partial charge in [0.25, 0.3) is 0 Å². The highest BCUT2D eigenvalue weighted by Crippen LogP contribution is 2.13. The van der Waals surface area contributed by atoms with Gasteiger partial charge < -0.3 is 4.74 Å². The molecule has 0 bridgehead atoms. The molecule has 1 atom stereocenters. The Hall–Kier alpha value is -1.62. The minimum absolute atomic E-state index is 0.135. The number of rotatable bonds is 4. The number of hydrogen-bond acceptors (Lipinski definition) is 4. The predicted octanol–water partition coefficient (Wildman–Crippen LogP) is 1.47. The number of carbonyl (C=O) groups is 1. The second-order valence-electron chi connectivity index (χ2n) is 4.17. The van der Waals surface area contributed by atoms with Crippen molar-refractivity contribution in [2.45, 2.75) is 18.9 Å². The van der Waals surface area contributed by atoms with Crippen LogP contribution < -0.4 is 0 Å². The van der Waals surface area contributed by atoms with Crippen molar-refractivity contribution >= 4 is 15.8 Å².